The minimum Gasteiger partial charge on any atom is -0.485 e. The van der Waals surface area contributed by atoms with E-state index in [0.717, 1.165) is 19.5 Å². The molecule has 2 heterocycles. The molecule has 0 bridgehead atoms. The average Bonchev–Trinajstić information content (AvgIpc) is 3.09. The van der Waals surface area contributed by atoms with Crippen LogP contribution in [0.5, 0.6) is 5.75 Å². The lowest BCUT2D eigenvalue weighted by Gasteiger charge is -2.02. The summed E-state index contributed by atoms with van der Waals surface area (Å²) in [5.74, 6) is 1.75. The number of nitrogens with one attached hydrogen (secondary N) is 1. The Balaban J connectivity index is 0.00000147. The predicted octanol–water partition coefficient (Wildman–Crippen LogP) is 2.29. The molecule has 108 valence electrons. The fraction of sp³-hybridized carbons (Fsp3) is 0.385. The third-order valence-electron chi connectivity index (χ3n) is 3.07. The molecule has 1 fully saturated rings. The van der Waals surface area contributed by atoms with E-state index in [9.17, 15) is 4.39 Å². The molecule has 1 aliphatic heterocycles. The first-order chi connectivity index (χ1) is 9.31. The van der Waals surface area contributed by atoms with Gasteiger partial charge in [0.1, 0.15) is 11.6 Å². The number of nitrogens with zero attached hydrogens (tertiary/aromatic N) is 2. The zero-order valence-electron chi connectivity index (χ0n) is 10.7. The summed E-state index contributed by atoms with van der Waals surface area (Å²) in [5.41, 5.74) is 0. The average molecular weight is 300 g/mol. The molecule has 5 nitrogen and oxygen atoms in total. The third-order valence-corrected chi connectivity index (χ3v) is 3.07. The number of halogens is 2. The molecule has 1 atom stereocenters. The number of hydrogen-bond acceptors (Lipinski definition) is 5. The van der Waals surface area contributed by atoms with Gasteiger partial charge in [-0.3, -0.25) is 0 Å². The zero-order chi connectivity index (χ0) is 13.1. The van der Waals surface area contributed by atoms with Gasteiger partial charge < -0.3 is 14.6 Å². The molecule has 0 unspecified atom stereocenters. The molecule has 1 aromatic heterocycles. The molecule has 0 spiro atoms. The highest BCUT2D eigenvalue weighted by molar-refractivity contribution is 5.85. The lowest BCUT2D eigenvalue weighted by Crippen LogP contribution is -2.08. The van der Waals surface area contributed by atoms with Crippen molar-refractivity contribution in [2.24, 2.45) is 0 Å². The molecular weight excluding hydrogens is 285 g/mol. The van der Waals surface area contributed by atoms with E-state index in [-0.39, 0.29) is 24.8 Å². The van der Waals surface area contributed by atoms with E-state index in [2.05, 4.69) is 15.5 Å². The summed E-state index contributed by atoms with van der Waals surface area (Å²) in [4.78, 5) is 4.31. The molecule has 1 N–H and O–H groups in total. The fourth-order valence-corrected chi connectivity index (χ4v) is 2.04. The Morgan fingerprint density at radius 1 is 1.35 bits per heavy atom. The molecular formula is C13H15ClFN3O2. The standard InChI is InChI=1S/C13H14FN3O2.ClH/c14-10-1-3-11(4-2-10)18-8-12-16-13(19-17-12)9-5-6-15-7-9;/h1-4,9,15H,5-8H2;1H/t9-;/m0./s1. The van der Waals surface area contributed by atoms with Crippen LogP contribution in [-0.2, 0) is 6.61 Å². The molecule has 20 heavy (non-hydrogen) atoms. The first-order valence-electron chi connectivity index (χ1n) is 6.23. The molecule has 1 saturated heterocycles. The monoisotopic (exact) mass is 299 g/mol. The van der Waals surface area contributed by atoms with Crippen LogP contribution in [0, 0.1) is 5.82 Å². The number of rotatable bonds is 4. The lowest BCUT2D eigenvalue weighted by molar-refractivity contribution is 0.283. The summed E-state index contributed by atoms with van der Waals surface area (Å²) >= 11 is 0. The first kappa shape index (κ1) is 14.7. The molecule has 0 aliphatic carbocycles. The minimum absolute atomic E-state index is 0. The maximum Gasteiger partial charge on any atom is 0.231 e. The number of benzene rings is 1. The minimum atomic E-state index is -0.289. The Labute approximate surface area is 121 Å². The number of aromatic nitrogens is 2. The van der Waals surface area contributed by atoms with Crippen LogP contribution in [0.3, 0.4) is 0 Å². The van der Waals surface area contributed by atoms with Crippen molar-refractivity contribution in [3.63, 3.8) is 0 Å². The molecule has 2 aromatic rings. The molecule has 0 amide bonds. The summed E-state index contributed by atoms with van der Waals surface area (Å²) in [6, 6.07) is 5.83. The second kappa shape index (κ2) is 6.67. The van der Waals surface area contributed by atoms with E-state index >= 15 is 0 Å². The van der Waals surface area contributed by atoms with Crippen molar-refractivity contribution in [2.45, 2.75) is 18.9 Å². The highest BCUT2D eigenvalue weighted by Gasteiger charge is 2.22. The van der Waals surface area contributed by atoms with Crippen LogP contribution in [0.1, 0.15) is 24.1 Å². The number of hydrogen-bond donors (Lipinski definition) is 1. The van der Waals surface area contributed by atoms with E-state index in [1.807, 2.05) is 0 Å². The molecule has 1 aromatic carbocycles. The van der Waals surface area contributed by atoms with Crippen molar-refractivity contribution in [2.75, 3.05) is 13.1 Å². The van der Waals surface area contributed by atoms with Gasteiger partial charge in [0.25, 0.3) is 0 Å². The van der Waals surface area contributed by atoms with E-state index < -0.39 is 0 Å². The maximum absolute atomic E-state index is 12.7. The summed E-state index contributed by atoms with van der Waals surface area (Å²) < 4.78 is 23.4. The quantitative estimate of drug-likeness (QED) is 0.938. The topological polar surface area (TPSA) is 60.2 Å². The van der Waals surface area contributed by atoms with Crippen LogP contribution in [0.2, 0.25) is 0 Å². The molecule has 7 heteroatoms. The highest BCUT2D eigenvalue weighted by Crippen LogP contribution is 2.20. The molecule has 0 saturated carbocycles. The molecule has 1 aliphatic rings. The van der Waals surface area contributed by atoms with Gasteiger partial charge >= 0.3 is 0 Å². The summed E-state index contributed by atoms with van der Waals surface area (Å²) in [6.45, 7) is 2.07. The van der Waals surface area contributed by atoms with Crippen molar-refractivity contribution in [3.8, 4) is 5.75 Å². The van der Waals surface area contributed by atoms with Crippen molar-refractivity contribution in [1.82, 2.24) is 15.5 Å². The van der Waals surface area contributed by atoms with E-state index in [1.165, 1.54) is 12.1 Å². The first-order valence-corrected chi connectivity index (χ1v) is 6.23. The van der Waals surface area contributed by atoms with Crippen LogP contribution in [0.4, 0.5) is 4.39 Å². The third kappa shape index (κ3) is 3.46. The Bertz CT molecular complexity index is 541. The van der Waals surface area contributed by atoms with Gasteiger partial charge in [0.05, 0.1) is 5.92 Å². The van der Waals surface area contributed by atoms with Crippen molar-refractivity contribution in [3.05, 3.63) is 41.8 Å². The molecule has 0 radical (unpaired) electrons. The van der Waals surface area contributed by atoms with Crippen molar-refractivity contribution >= 4 is 12.4 Å². The SMILES string of the molecule is Cl.Fc1ccc(OCc2noc([C@H]3CCNC3)n2)cc1. The Morgan fingerprint density at radius 3 is 2.85 bits per heavy atom. The Hall–Kier alpha value is -1.66. The van der Waals surface area contributed by atoms with Crippen LogP contribution in [0.15, 0.2) is 28.8 Å². The second-order valence-electron chi connectivity index (χ2n) is 4.48. The van der Waals surface area contributed by atoms with Gasteiger partial charge in [-0.15, -0.1) is 12.4 Å². The van der Waals surface area contributed by atoms with Crippen molar-refractivity contribution in [1.29, 1.82) is 0 Å². The maximum atomic E-state index is 12.7. The van der Waals surface area contributed by atoms with Gasteiger partial charge in [0.15, 0.2) is 6.61 Å². The van der Waals surface area contributed by atoms with E-state index in [4.69, 9.17) is 9.26 Å². The zero-order valence-corrected chi connectivity index (χ0v) is 11.5. The normalized spacial score (nSPS) is 17.8. The van der Waals surface area contributed by atoms with Gasteiger partial charge in [0.2, 0.25) is 11.7 Å². The van der Waals surface area contributed by atoms with Gasteiger partial charge in [-0.05, 0) is 37.2 Å². The summed E-state index contributed by atoms with van der Waals surface area (Å²) in [5, 5.41) is 7.13. The molecule has 3 rings (SSSR count). The Kier molecular flexibility index (Phi) is 4.92. The predicted molar refractivity (Wildman–Crippen MR) is 72.5 cm³/mol. The lowest BCUT2D eigenvalue weighted by atomic mass is 10.1. The smallest absolute Gasteiger partial charge is 0.231 e. The fourth-order valence-electron chi connectivity index (χ4n) is 2.04. The van der Waals surface area contributed by atoms with Gasteiger partial charge in [-0.2, -0.15) is 4.98 Å². The van der Waals surface area contributed by atoms with Crippen molar-refractivity contribution < 1.29 is 13.7 Å². The van der Waals surface area contributed by atoms with Crippen LogP contribution >= 0.6 is 12.4 Å². The highest BCUT2D eigenvalue weighted by atomic mass is 35.5. The summed E-state index contributed by atoms with van der Waals surface area (Å²) in [6.07, 6.45) is 1.01. The van der Waals surface area contributed by atoms with E-state index in [0.29, 0.717) is 23.4 Å². The van der Waals surface area contributed by atoms with Gasteiger partial charge in [0, 0.05) is 6.54 Å². The summed E-state index contributed by atoms with van der Waals surface area (Å²) in [7, 11) is 0. The van der Waals surface area contributed by atoms with Gasteiger partial charge in [-0.25, -0.2) is 4.39 Å². The van der Waals surface area contributed by atoms with Gasteiger partial charge in [-0.1, -0.05) is 5.16 Å². The Morgan fingerprint density at radius 2 is 2.15 bits per heavy atom. The van der Waals surface area contributed by atoms with Crippen LogP contribution in [0.25, 0.3) is 0 Å². The van der Waals surface area contributed by atoms with Crippen LogP contribution in [-0.4, -0.2) is 23.2 Å². The largest absolute Gasteiger partial charge is 0.485 e. The van der Waals surface area contributed by atoms with E-state index in [1.54, 1.807) is 12.1 Å². The number of ether oxygens (including phenoxy) is 1. The second-order valence-corrected chi connectivity index (χ2v) is 4.48. The van der Waals surface area contributed by atoms with Crippen LogP contribution < -0.4 is 10.1 Å².